The fourth-order valence-corrected chi connectivity index (χ4v) is 1.74. The Morgan fingerprint density at radius 2 is 1.86 bits per heavy atom. The molecule has 0 saturated heterocycles. The van der Waals surface area contributed by atoms with E-state index in [1.807, 2.05) is 0 Å². The largest absolute Gasteiger partial charge is 0.480 e. The number of hydrogen-bond donors (Lipinski definition) is 2. The minimum atomic E-state index is -4.69. The van der Waals surface area contributed by atoms with Crippen LogP contribution in [0, 0.1) is 0 Å². The number of carboxylic acid groups (broad SMARTS) is 1. The van der Waals surface area contributed by atoms with Gasteiger partial charge in [-0.2, -0.15) is 13.2 Å². The average molecular weight is 315 g/mol. The molecule has 0 aliphatic rings. The molecule has 1 atom stereocenters. The van der Waals surface area contributed by atoms with Gasteiger partial charge in [0, 0.05) is 0 Å². The summed E-state index contributed by atoms with van der Waals surface area (Å²) in [4.78, 5) is 23.1. The molecule has 1 aromatic carbocycles. The summed E-state index contributed by atoms with van der Waals surface area (Å²) in [6, 6.07) is 2.95. The normalized spacial score (nSPS) is 12.4. The van der Waals surface area contributed by atoms with Crippen LogP contribution >= 0.6 is 0 Å². The molecule has 0 fully saturated rings. The quantitative estimate of drug-likeness (QED) is 0.820. The summed E-state index contributed by atoms with van der Waals surface area (Å²) in [5.74, 6) is -2.38. The highest BCUT2D eigenvalue weighted by atomic mass is 19.4. The molecule has 2 N–H and O–H groups in total. The smallest absolute Gasteiger partial charge is 0.417 e. The summed E-state index contributed by atoms with van der Waals surface area (Å²) in [7, 11) is 0. The molecular formula is C15H16F3NO3. The first-order chi connectivity index (χ1) is 10.1. The third-order valence-electron chi connectivity index (χ3n) is 2.84. The number of alkyl halides is 3. The van der Waals surface area contributed by atoms with E-state index in [1.54, 1.807) is 19.9 Å². The molecule has 0 spiro atoms. The topological polar surface area (TPSA) is 66.4 Å². The van der Waals surface area contributed by atoms with Gasteiger partial charge in [-0.15, -0.1) is 0 Å². The summed E-state index contributed by atoms with van der Waals surface area (Å²) in [6.45, 7) is 3.50. The first-order valence-electron chi connectivity index (χ1n) is 6.46. The van der Waals surface area contributed by atoms with E-state index in [1.165, 1.54) is 6.07 Å². The predicted molar refractivity (Wildman–Crippen MR) is 74.4 cm³/mol. The van der Waals surface area contributed by atoms with Crippen molar-refractivity contribution in [1.82, 2.24) is 5.32 Å². The highest BCUT2D eigenvalue weighted by Crippen LogP contribution is 2.31. The van der Waals surface area contributed by atoms with Crippen LogP contribution in [0.4, 0.5) is 13.2 Å². The molecule has 0 saturated carbocycles. The van der Waals surface area contributed by atoms with Crippen LogP contribution in [0.5, 0.6) is 0 Å². The number of benzene rings is 1. The predicted octanol–water partition coefficient (Wildman–Crippen LogP) is 3.24. The van der Waals surface area contributed by atoms with Crippen LogP contribution in [-0.2, 0) is 11.0 Å². The first kappa shape index (κ1) is 17.7. The zero-order valence-corrected chi connectivity index (χ0v) is 12.1. The molecule has 1 amide bonds. The van der Waals surface area contributed by atoms with Crippen LogP contribution in [0.1, 0.15) is 36.2 Å². The molecule has 0 radical (unpaired) electrons. The van der Waals surface area contributed by atoms with Gasteiger partial charge in [-0.3, -0.25) is 4.79 Å². The molecule has 1 aromatic rings. The Bertz CT molecular complexity index is 590. The Labute approximate surface area is 125 Å². The van der Waals surface area contributed by atoms with Crippen molar-refractivity contribution in [3.8, 4) is 0 Å². The average Bonchev–Trinajstić information content (AvgIpc) is 2.41. The Balaban J connectivity index is 3.01. The molecule has 120 valence electrons. The summed E-state index contributed by atoms with van der Waals surface area (Å²) in [5.41, 5.74) is -0.853. The Morgan fingerprint density at radius 3 is 2.36 bits per heavy atom. The van der Waals surface area contributed by atoms with E-state index in [0.29, 0.717) is 0 Å². The van der Waals surface area contributed by atoms with E-state index in [9.17, 15) is 22.8 Å². The van der Waals surface area contributed by atoms with Crippen LogP contribution in [0.2, 0.25) is 0 Å². The number of rotatable bonds is 5. The van der Waals surface area contributed by atoms with Gasteiger partial charge in [0.05, 0.1) is 11.1 Å². The number of halogens is 3. The summed E-state index contributed by atoms with van der Waals surface area (Å²) in [6.07, 6.45) is -3.10. The number of nitrogens with one attached hydrogen (secondary N) is 1. The van der Waals surface area contributed by atoms with Gasteiger partial charge in [0.1, 0.15) is 6.04 Å². The van der Waals surface area contributed by atoms with Crippen LogP contribution < -0.4 is 5.32 Å². The second kappa shape index (κ2) is 7.11. The number of carbonyl (C=O) groups is 2. The third kappa shape index (κ3) is 4.91. The number of carboxylic acids is 1. The Kier molecular flexibility index (Phi) is 5.73. The molecular weight excluding hydrogens is 299 g/mol. The van der Waals surface area contributed by atoms with Gasteiger partial charge in [0.25, 0.3) is 5.91 Å². The number of amides is 1. The van der Waals surface area contributed by atoms with Crippen molar-refractivity contribution in [1.29, 1.82) is 0 Å². The summed E-state index contributed by atoms with van der Waals surface area (Å²) in [5, 5.41) is 11.2. The highest BCUT2D eigenvalue weighted by molar-refractivity contribution is 5.98. The number of allylic oxidation sites excluding steroid dienone is 1. The fourth-order valence-electron chi connectivity index (χ4n) is 1.74. The van der Waals surface area contributed by atoms with Gasteiger partial charge in [0.2, 0.25) is 0 Å². The molecule has 0 aromatic heterocycles. The number of aliphatic carboxylic acids is 1. The first-order valence-corrected chi connectivity index (χ1v) is 6.46. The molecule has 1 rings (SSSR count). The summed E-state index contributed by atoms with van der Waals surface area (Å²) >= 11 is 0. The van der Waals surface area contributed by atoms with Crippen LogP contribution in [0.3, 0.4) is 0 Å². The summed E-state index contributed by atoms with van der Waals surface area (Å²) < 4.78 is 38.6. The molecule has 4 nitrogen and oxygen atoms in total. The Morgan fingerprint density at radius 1 is 1.27 bits per heavy atom. The van der Waals surface area contributed by atoms with E-state index in [0.717, 1.165) is 23.8 Å². The van der Waals surface area contributed by atoms with Crippen molar-refractivity contribution >= 4 is 11.9 Å². The molecule has 0 bridgehead atoms. The second-order valence-corrected chi connectivity index (χ2v) is 4.92. The van der Waals surface area contributed by atoms with Crippen LogP contribution in [-0.4, -0.2) is 23.0 Å². The minimum absolute atomic E-state index is 0.00239. The van der Waals surface area contributed by atoms with Crippen molar-refractivity contribution in [2.45, 2.75) is 32.5 Å². The van der Waals surface area contributed by atoms with E-state index >= 15 is 0 Å². The minimum Gasteiger partial charge on any atom is -0.480 e. The molecule has 0 heterocycles. The zero-order chi connectivity index (χ0) is 16.9. The number of hydrogen-bond acceptors (Lipinski definition) is 2. The van der Waals surface area contributed by atoms with E-state index < -0.39 is 35.2 Å². The molecule has 7 heteroatoms. The maximum Gasteiger partial charge on any atom is 0.417 e. The van der Waals surface area contributed by atoms with Gasteiger partial charge in [0.15, 0.2) is 0 Å². The lowest BCUT2D eigenvalue weighted by atomic mass is 10.1. The van der Waals surface area contributed by atoms with Crippen molar-refractivity contribution < 1.29 is 27.9 Å². The van der Waals surface area contributed by atoms with Gasteiger partial charge >= 0.3 is 12.1 Å². The molecule has 0 aliphatic carbocycles. The van der Waals surface area contributed by atoms with Gasteiger partial charge in [-0.1, -0.05) is 23.8 Å². The van der Waals surface area contributed by atoms with Crippen molar-refractivity contribution in [3.05, 3.63) is 47.0 Å². The lowest BCUT2D eigenvalue weighted by Gasteiger charge is -2.16. The monoisotopic (exact) mass is 315 g/mol. The standard InChI is InChI=1S/C15H16F3NO3/c1-9(2)7-8-12(14(21)22)19-13(20)10-5-3-4-6-11(10)15(16,17)18/h3-7,12H,8H2,1-2H3,(H,19,20)(H,21,22)/t12-/m1/s1. The van der Waals surface area contributed by atoms with Crippen molar-refractivity contribution in [3.63, 3.8) is 0 Å². The zero-order valence-electron chi connectivity index (χ0n) is 12.1. The van der Waals surface area contributed by atoms with E-state index in [2.05, 4.69) is 5.32 Å². The molecule has 0 unspecified atom stereocenters. The van der Waals surface area contributed by atoms with Gasteiger partial charge < -0.3 is 10.4 Å². The lowest BCUT2D eigenvalue weighted by Crippen LogP contribution is -2.41. The second-order valence-electron chi connectivity index (χ2n) is 4.92. The van der Waals surface area contributed by atoms with Gasteiger partial charge in [-0.05, 0) is 32.4 Å². The maximum atomic E-state index is 12.9. The fraction of sp³-hybridized carbons (Fsp3) is 0.333. The van der Waals surface area contributed by atoms with Gasteiger partial charge in [-0.25, -0.2) is 4.79 Å². The molecule has 22 heavy (non-hydrogen) atoms. The third-order valence-corrected chi connectivity index (χ3v) is 2.84. The maximum absolute atomic E-state index is 12.9. The van der Waals surface area contributed by atoms with Crippen molar-refractivity contribution in [2.24, 2.45) is 0 Å². The van der Waals surface area contributed by atoms with Crippen LogP contribution in [0.15, 0.2) is 35.9 Å². The van der Waals surface area contributed by atoms with E-state index in [4.69, 9.17) is 5.11 Å². The van der Waals surface area contributed by atoms with Crippen molar-refractivity contribution in [2.75, 3.05) is 0 Å². The molecule has 0 aliphatic heterocycles. The lowest BCUT2D eigenvalue weighted by molar-refractivity contribution is -0.139. The Hall–Kier alpha value is -2.31. The number of carbonyl (C=O) groups excluding carboxylic acids is 1. The SMILES string of the molecule is CC(C)=CC[C@@H](NC(=O)c1ccccc1C(F)(F)F)C(=O)O. The highest BCUT2D eigenvalue weighted by Gasteiger charge is 2.35. The van der Waals surface area contributed by atoms with Crippen LogP contribution in [0.25, 0.3) is 0 Å². The van der Waals surface area contributed by atoms with E-state index in [-0.39, 0.29) is 6.42 Å².